The van der Waals surface area contributed by atoms with Crippen molar-refractivity contribution in [3.63, 3.8) is 0 Å². The molecule has 98 valence electrons. The van der Waals surface area contributed by atoms with E-state index in [1.807, 2.05) is 27.7 Å². The molecule has 0 bridgehead atoms. The van der Waals surface area contributed by atoms with Crippen molar-refractivity contribution < 1.29 is 4.92 Å². The molecule has 1 saturated heterocycles. The first-order valence-electron chi connectivity index (χ1n) is 6.43. The van der Waals surface area contributed by atoms with E-state index < -0.39 is 0 Å². The maximum absolute atomic E-state index is 11.2. The SMILES string of the molecule is Cc1c(C)c([N+](=O)[O-])c(C)c(C)c1C1CCCN1. The molecule has 1 atom stereocenters. The van der Waals surface area contributed by atoms with Gasteiger partial charge in [-0.05, 0) is 63.8 Å². The number of benzene rings is 1. The number of nitrogens with zero attached hydrogens (tertiary/aromatic N) is 1. The average molecular weight is 248 g/mol. The van der Waals surface area contributed by atoms with Crippen molar-refractivity contribution in [3.05, 3.63) is 37.9 Å². The van der Waals surface area contributed by atoms with Gasteiger partial charge in [0.05, 0.1) is 4.92 Å². The maximum atomic E-state index is 11.2. The summed E-state index contributed by atoms with van der Waals surface area (Å²) >= 11 is 0. The van der Waals surface area contributed by atoms with Crippen LogP contribution in [-0.4, -0.2) is 11.5 Å². The number of nitro groups is 1. The Morgan fingerprint density at radius 1 is 1.11 bits per heavy atom. The van der Waals surface area contributed by atoms with Crippen LogP contribution in [0.15, 0.2) is 0 Å². The Morgan fingerprint density at radius 3 is 2.06 bits per heavy atom. The van der Waals surface area contributed by atoms with Gasteiger partial charge < -0.3 is 5.32 Å². The lowest BCUT2D eigenvalue weighted by atomic mass is 9.87. The molecule has 0 spiro atoms. The van der Waals surface area contributed by atoms with Gasteiger partial charge in [-0.1, -0.05) is 0 Å². The molecule has 1 fully saturated rings. The standard InChI is InChI=1S/C14H20N2O2/c1-8-10(3)14(16(17)18)11(4)9(2)13(8)12-6-5-7-15-12/h12,15H,5-7H2,1-4H3. The molecule has 4 heteroatoms. The summed E-state index contributed by atoms with van der Waals surface area (Å²) in [5.41, 5.74) is 5.33. The van der Waals surface area contributed by atoms with Gasteiger partial charge in [0.2, 0.25) is 0 Å². The van der Waals surface area contributed by atoms with Gasteiger partial charge in [0.1, 0.15) is 0 Å². The fourth-order valence-electron chi connectivity index (χ4n) is 3.05. The second kappa shape index (κ2) is 4.69. The van der Waals surface area contributed by atoms with E-state index in [0.717, 1.165) is 35.2 Å². The Labute approximate surface area is 108 Å². The van der Waals surface area contributed by atoms with Crippen molar-refractivity contribution in [1.82, 2.24) is 5.32 Å². The molecule has 1 aliphatic rings. The summed E-state index contributed by atoms with van der Waals surface area (Å²) in [6, 6.07) is 0.364. The summed E-state index contributed by atoms with van der Waals surface area (Å²) in [5.74, 6) is 0. The first kappa shape index (κ1) is 13.0. The summed E-state index contributed by atoms with van der Waals surface area (Å²) in [6.07, 6.45) is 2.30. The van der Waals surface area contributed by atoms with Crippen molar-refractivity contribution in [1.29, 1.82) is 0 Å². The van der Waals surface area contributed by atoms with Crippen LogP contribution in [0.1, 0.15) is 46.7 Å². The molecule has 1 unspecified atom stereocenters. The van der Waals surface area contributed by atoms with Gasteiger partial charge in [-0.15, -0.1) is 0 Å². The third kappa shape index (κ3) is 1.90. The maximum Gasteiger partial charge on any atom is 0.275 e. The fourth-order valence-corrected chi connectivity index (χ4v) is 3.05. The third-order valence-electron chi connectivity index (χ3n) is 4.23. The minimum absolute atomic E-state index is 0.253. The highest BCUT2D eigenvalue weighted by Crippen LogP contribution is 2.37. The molecule has 1 aromatic carbocycles. The van der Waals surface area contributed by atoms with E-state index in [9.17, 15) is 10.1 Å². The molecule has 1 N–H and O–H groups in total. The number of hydrogen-bond donors (Lipinski definition) is 1. The van der Waals surface area contributed by atoms with Crippen LogP contribution in [0.5, 0.6) is 0 Å². The van der Waals surface area contributed by atoms with E-state index in [1.54, 1.807) is 0 Å². The molecular formula is C14H20N2O2. The molecule has 0 saturated carbocycles. The van der Waals surface area contributed by atoms with Crippen molar-refractivity contribution in [2.24, 2.45) is 0 Å². The highest BCUT2D eigenvalue weighted by Gasteiger charge is 2.27. The number of nitrogens with one attached hydrogen (secondary N) is 1. The van der Waals surface area contributed by atoms with Crippen molar-refractivity contribution in [2.75, 3.05) is 6.54 Å². The Morgan fingerprint density at radius 2 is 1.67 bits per heavy atom. The van der Waals surface area contributed by atoms with Crippen LogP contribution < -0.4 is 5.32 Å². The van der Waals surface area contributed by atoms with Crippen LogP contribution >= 0.6 is 0 Å². The third-order valence-corrected chi connectivity index (χ3v) is 4.23. The Balaban J connectivity index is 2.65. The Kier molecular flexibility index (Phi) is 3.39. The topological polar surface area (TPSA) is 55.2 Å². The largest absolute Gasteiger partial charge is 0.310 e. The second-order valence-corrected chi connectivity index (χ2v) is 5.17. The highest BCUT2D eigenvalue weighted by molar-refractivity contribution is 5.59. The van der Waals surface area contributed by atoms with Crippen molar-refractivity contribution >= 4 is 5.69 Å². The second-order valence-electron chi connectivity index (χ2n) is 5.17. The van der Waals surface area contributed by atoms with E-state index in [1.165, 1.54) is 12.0 Å². The van der Waals surface area contributed by atoms with Gasteiger partial charge in [-0.2, -0.15) is 0 Å². The zero-order chi connectivity index (χ0) is 13.4. The van der Waals surface area contributed by atoms with Crippen LogP contribution in [0, 0.1) is 37.8 Å². The average Bonchev–Trinajstić information content (AvgIpc) is 2.80. The number of nitro benzene ring substituents is 1. The van der Waals surface area contributed by atoms with Crippen molar-refractivity contribution in [3.8, 4) is 0 Å². The molecule has 0 amide bonds. The zero-order valence-corrected chi connectivity index (χ0v) is 11.5. The minimum Gasteiger partial charge on any atom is -0.310 e. The van der Waals surface area contributed by atoms with Crippen LogP contribution in [0.25, 0.3) is 0 Å². The first-order chi connectivity index (χ1) is 8.45. The van der Waals surface area contributed by atoms with E-state index in [0.29, 0.717) is 6.04 Å². The molecule has 18 heavy (non-hydrogen) atoms. The van der Waals surface area contributed by atoms with E-state index in [-0.39, 0.29) is 10.6 Å². The molecular weight excluding hydrogens is 228 g/mol. The molecule has 0 radical (unpaired) electrons. The Hall–Kier alpha value is -1.42. The van der Waals surface area contributed by atoms with Crippen LogP contribution in [0.2, 0.25) is 0 Å². The molecule has 4 nitrogen and oxygen atoms in total. The molecule has 2 rings (SSSR count). The van der Waals surface area contributed by atoms with Crippen LogP contribution in [0.3, 0.4) is 0 Å². The molecule has 0 aliphatic carbocycles. The van der Waals surface area contributed by atoms with Gasteiger partial charge in [0.15, 0.2) is 0 Å². The normalized spacial score (nSPS) is 19.2. The summed E-state index contributed by atoms with van der Waals surface area (Å²) in [6.45, 7) is 8.77. The summed E-state index contributed by atoms with van der Waals surface area (Å²) < 4.78 is 0. The highest BCUT2D eigenvalue weighted by atomic mass is 16.6. The molecule has 0 aromatic heterocycles. The predicted octanol–water partition coefficient (Wildman–Crippen LogP) is 3.25. The van der Waals surface area contributed by atoms with Crippen LogP contribution in [-0.2, 0) is 0 Å². The monoisotopic (exact) mass is 248 g/mol. The lowest BCUT2D eigenvalue weighted by Crippen LogP contribution is -2.17. The predicted molar refractivity (Wildman–Crippen MR) is 72.0 cm³/mol. The smallest absolute Gasteiger partial charge is 0.275 e. The lowest BCUT2D eigenvalue weighted by Gasteiger charge is -2.21. The van der Waals surface area contributed by atoms with Crippen LogP contribution in [0.4, 0.5) is 5.69 Å². The fraction of sp³-hybridized carbons (Fsp3) is 0.571. The summed E-state index contributed by atoms with van der Waals surface area (Å²) in [7, 11) is 0. The number of hydrogen-bond acceptors (Lipinski definition) is 3. The summed E-state index contributed by atoms with van der Waals surface area (Å²) in [4.78, 5) is 10.9. The van der Waals surface area contributed by atoms with Gasteiger partial charge in [0, 0.05) is 17.2 Å². The quantitative estimate of drug-likeness (QED) is 0.645. The zero-order valence-electron chi connectivity index (χ0n) is 11.5. The number of rotatable bonds is 2. The van der Waals surface area contributed by atoms with E-state index in [4.69, 9.17) is 0 Å². The van der Waals surface area contributed by atoms with Gasteiger partial charge in [0.25, 0.3) is 5.69 Å². The molecule has 1 aromatic rings. The van der Waals surface area contributed by atoms with Gasteiger partial charge >= 0.3 is 0 Å². The lowest BCUT2D eigenvalue weighted by molar-refractivity contribution is -0.386. The molecule has 1 aliphatic heterocycles. The summed E-state index contributed by atoms with van der Waals surface area (Å²) in [5, 5.41) is 14.7. The Bertz CT molecular complexity index is 474. The van der Waals surface area contributed by atoms with E-state index in [2.05, 4.69) is 5.32 Å². The van der Waals surface area contributed by atoms with E-state index >= 15 is 0 Å². The minimum atomic E-state index is -0.253. The van der Waals surface area contributed by atoms with Gasteiger partial charge in [-0.25, -0.2) is 0 Å². The molecule has 1 heterocycles. The van der Waals surface area contributed by atoms with Gasteiger partial charge in [-0.3, -0.25) is 10.1 Å². The van der Waals surface area contributed by atoms with Crippen molar-refractivity contribution in [2.45, 2.75) is 46.6 Å². The first-order valence-corrected chi connectivity index (χ1v) is 6.43.